The molecule has 0 aliphatic heterocycles. The van der Waals surface area contributed by atoms with E-state index in [2.05, 4.69) is 19.5 Å². The largest absolute Gasteiger partial charge is 0.457 e. The zero-order chi connectivity index (χ0) is 23.2. The van der Waals surface area contributed by atoms with Gasteiger partial charge in [-0.05, 0) is 60.7 Å². The zero-order valence-corrected chi connectivity index (χ0v) is 16.9. The van der Waals surface area contributed by atoms with Crippen LogP contribution in [0.1, 0.15) is 20.7 Å². The lowest BCUT2D eigenvalue weighted by Crippen LogP contribution is -2.12. The van der Waals surface area contributed by atoms with Crippen molar-refractivity contribution < 1.29 is 23.2 Å². The van der Waals surface area contributed by atoms with Crippen molar-refractivity contribution in [3.05, 3.63) is 117 Å². The minimum absolute atomic E-state index is 0.221. The topological polar surface area (TPSA) is 128 Å². The summed E-state index contributed by atoms with van der Waals surface area (Å²) in [5.74, 6) is 0.245. The molecule has 164 valence electrons. The van der Waals surface area contributed by atoms with Crippen LogP contribution in [-0.2, 0) is 0 Å². The van der Waals surface area contributed by atoms with Crippen molar-refractivity contribution in [2.24, 2.45) is 0 Å². The Kier molecular flexibility index (Phi) is 6.12. The Hall–Kier alpha value is -4.92. The van der Waals surface area contributed by atoms with E-state index in [1.807, 2.05) is 0 Å². The van der Waals surface area contributed by atoms with E-state index in [-0.39, 0.29) is 11.1 Å². The van der Waals surface area contributed by atoms with Crippen molar-refractivity contribution in [1.82, 2.24) is 0 Å². The summed E-state index contributed by atoms with van der Waals surface area (Å²) in [6.07, 6.45) is 2.19. The van der Waals surface area contributed by atoms with Gasteiger partial charge < -0.3 is 24.2 Å². The predicted molar refractivity (Wildman–Crippen MR) is 119 cm³/mol. The number of anilines is 2. The van der Waals surface area contributed by atoms with Crippen LogP contribution in [0.15, 0.2) is 104 Å². The van der Waals surface area contributed by atoms with Crippen LogP contribution in [0.5, 0.6) is 11.5 Å². The fraction of sp³-hybridized carbons (Fsp3) is 0. The molecule has 0 aliphatic carbocycles. The van der Waals surface area contributed by atoms with Crippen LogP contribution in [0.3, 0.4) is 0 Å². The van der Waals surface area contributed by atoms with E-state index >= 15 is 0 Å². The molecule has 0 atom stereocenters. The fourth-order valence-electron chi connectivity index (χ4n) is 2.73. The Bertz CT molecular complexity index is 1250. The van der Waals surface area contributed by atoms with Gasteiger partial charge >= 0.3 is 11.3 Å². The van der Waals surface area contributed by atoms with Crippen molar-refractivity contribution in [1.29, 1.82) is 0 Å². The number of benzene rings is 2. The molecule has 2 amide bonds. The molecule has 2 aromatic carbocycles. The zero-order valence-electron chi connectivity index (χ0n) is 16.9. The Morgan fingerprint density at radius 3 is 1.30 bits per heavy atom. The highest BCUT2D eigenvalue weighted by Crippen LogP contribution is 2.25. The second-order valence-corrected chi connectivity index (χ2v) is 6.75. The van der Waals surface area contributed by atoms with Gasteiger partial charge in [0.1, 0.15) is 24.0 Å². The maximum atomic E-state index is 12.2. The van der Waals surface area contributed by atoms with Crippen molar-refractivity contribution >= 4 is 23.2 Å². The Labute approximate surface area is 186 Å². The number of carbonyl (C=O) groups excluding carboxylic acids is 2. The predicted octanol–water partition coefficient (Wildman–Crippen LogP) is 3.89. The average molecular weight is 444 g/mol. The van der Waals surface area contributed by atoms with Gasteiger partial charge in [-0.25, -0.2) is 9.59 Å². The van der Waals surface area contributed by atoms with E-state index in [9.17, 15) is 19.2 Å². The minimum atomic E-state index is -0.533. The summed E-state index contributed by atoms with van der Waals surface area (Å²) in [4.78, 5) is 46.3. The SMILES string of the molecule is O=C(Nc1ccc(Oc2ccc(NC(=O)c3ccc(=O)oc3)cc2)cc1)c1ccc(=O)oc1. The molecule has 0 bridgehead atoms. The van der Waals surface area contributed by atoms with Crippen LogP contribution in [0.4, 0.5) is 11.4 Å². The average Bonchev–Trinajstić information content (AvgIpc) is 2.82. The standard InChI is InChI=1S/C24H16N2O7/c27-21-11-1-15(13-31-21)23(29)25-17-3-7-19(8-4-17)33-20-9-5-18(6-10-20)26-24(30)16-2-12-22(28)32-14-16/h1-14H,(H,25,29)(H,26,30). The third kappa shape index (κ3) is 5.61. The second-order valence-electron chi connectivity index (χ2n) is 6.75. The fourth-order valence-corrected chi connectivity index (χ4v) is 2.73. The highest BCUT2D eigenvalue weighted by Gasteiger charge is 2.09. The maximum absolute atomic E-state index is 12.2. The molecule has 0 radical (unpaired) electrons. The summed E-state index contributed by atoms with van der Waals surface area (Å²) in [7, 11) is 0. The Balaban J connectivity index is 1.34. The molecule has 0 spiro atoms. The van der Waals surface area contributed by atoms with Crippen molar-refractivity contribution in [2.45, 2.75) is 0 Å². The minimum Gasteiger partial charge on any atom is -0.457 e. The van der Waals surface area contributed by atoms with Gasteiger partial charge in [0.2, 0.25) is 0 Å². The van der Waals surface area contributed by atoms with E-state index in [1.54, 1.807) is 48.5 Å². The smallest absolute Gasteiger partial charge is 0.335 e. The molecular weight excluding hydrogens is 428 g/mol. The lowest BCUT2D eigenvalue weighted by atomic mass is 10.2. The van der Waals surface area contributed by atoms with Crippen LogP contribution in [-0.4, -0.2) is 11.8 Å². The van der Waals surface area contributed by atoms with Crippen molar-refractivity contribution in [3.8, 4) is 11.5 Å². The van der Waals surface area contributed by atoms with Crippen LogP contribution >= 0.6 is 0 Å². The molecule has 0 saturated carbocycles. The van der Waals surface area contributed by atoms with Gasteiger partial charge in [-0.1, -0.05) is 0 Å². The third-order valence-corrected chi connectivity index (χ3v) is 4.39. The Morgan fingerprint density at radius 2 is 0.970 bits per heavy atom. The summed E-state index contributed by atoms with van der Waals surface area (Å²) in [6.45, 7) is 0. The number of carbonyl (C=O) groups is 2. The maximum Gasteiger partial charge on any atom is 0.335 e. The van der Waals surface area contributed by atoms with Crippen LogP contribution in [0.25, 0.3) is 0 Å². The van der Waals surface area contributed by atoms with E-state index in [4.69, 9.17) is 4.74 Å². The van der Waals surface area contributed by atoms with E-state index in [0.717, 1.165) is 12.5 Å². The molecule has 33 heavy (non-hydrogen) atoms. The third-order valence-electron chi connectivity index (χ3n) is 4.39. The molecule has 4 aromatic rings. The van der Waals surface area contributed by atoms with Gasteiger partial charge in [-0.15, -0.1) is 0 Å². The number of amides is 2. The highest BCUT2D eigenvalue weighted by atomic mass is 16.5. The van der Waals surface area contributed by atoms with Gasteiger partial charge in [0.15, 0.2) is 0 Å². The van der Waals surface area contributed by atoms with Gasteiger partial charge in [-0.2, -0.15) is 0 Å². The molecule has 0 unspecified atom stereocenters. The number of ether oxygens (including phenoxy) is 1. The van der Waals surface area contributed by atoms with E-state index in [0.29, 0.717) is 22.9 Å². The molecule has 4 rings (SSSR count). The summed E-state index contributed by atoms with van der Waals surface area (Å²) >= 11 is 0. The molecule has 2 aromatic heterocycles. The second kappa shape index (κ2) is 9.48. The van der Waals surface area contributed by atoms with Crippen molar-refractivity contribution in [3.63, 3.8) is 0 Å². The van der Waals surface area contributed by atoms with E-state index < -0.39 is 23.1 Å². The van der Waals surface area contributed by atoms with Crippen LogP contribution < -0.4 is 26.6 Å². The Morgan fingerprint density at radius 1 is 0.576 bits per heavy atom. The highest BCUT2D eigenvalue weighted by molar-refractivity contribution is 6.04. The lowest BCUT2D eigenvalue weighted by molar-refractivity contribution is 0.101. The quantitative estimate of drug-likeness (QED) is 0.462. The van der Waals surface area contributed by atoms with Crippen LogP contribution in [0, 0.1) is 0 Å². The van der Waals surface area contributed by atoms with Gasteiger partial charge in [0.05, 0.1) is 11.1 Å². The first kappa shape index (κ1) is 21.3. The summed E-state index contributed by atoms with van der Waals surface area (Å²) in [5.41, 5.74) is 0.448. The molecule has 2 N–H and O–H groups in total. The van der Waals surface area contributed by atoms with Crippen LogP contribution in [0.2, 0.25) is 0 Å². The first-order valence-corrected chi connectivity index (χ1v) is 9.65. The van der Waals surface area contributed by atoms with Gasteiger partial charge in [-0.3, -0.25) is 9.59 Å². The molecular formula is C24H16N2O7. The normalized spacial score (nSPS) is 10.3. The molecule has 9 nitrogen and oxygen atoms in total. The van der Waals surface area contributed by atoms with Gasteiger partial charge in [0, 0.05) is 23.5 Å². The first-order chi connectivity index (χ1) is 16.0. The number of hydrogen-bond acceptors (Lipinski definition) is 7. The number of nitrogens with one attached hydrogen (secondary N) is 2. The molecule has 0 aliphatic rings. The molecule has 0 saturated heterocycles. The number of rotatable bonds is 6. The van der Waals surface area contributed by atoms with Gasteiger partial charge in [0.25, 0.3) is 11.8 Å². The molecule has 0 fully saturated rings. The van der Waals surface area contributed by atoms with Crippen molar-refractivity contribution in [2.75, 3.05) is 10.6 Å². The molecule has 9 heteroatoms. The lowest BCUT2D eigenvalue weighted by Gasteiger charge is -2.09. The first-order valence-electron chi connectivity index (χ1n) is 9.65. The summed E-state index contributed by atoms with van der Waals surface area (Å²) in [6, 6.07) is 18.5. The number of hydrogen-bond donors (Lipinski definition) is 2. The molecule has 2 heterocycles. The monoisotopic (exact) mass is 444 g/mol. The summed E-state index contributed by atoms with van der Waals surface area (Å²) < 4.78 is 15.1. The summed E-state index contributed by atoms with van der Waals surface area (Å²) in [5, 5.41) is 5.38. The van der Waals surface area contributed by atoms with E-state index in [1.165, 1.54) is 24.3 Å².